The summed E-state index contributed by atoms with van der Waals surface area (Å²) in [7, 11) is 0. The smallest absolute Gasteiger partial charge is 0.225 e. The zero-order valence-corrected chi connectivity index (χ0v) is 15.0. The van der Waals surface area contributed by atoms with E-state index in [0.717, 1.165) is 38.0 Å². The molecule has 0 amide bonds. The number of likely N-dealkylation sites (tertiary alicyclic amines) is 1. The van der Waals surface area contributed by atoms with Crippen molar-refractivity contribution < 1.29 is 10.0 Å². The minimum Gasteiger partial charge on any atom is -0.393 e. The highest BCUT2D eigenvalue weighted by Crippen LogP contribution is 2.11. The Morgan fingerprint density at radius 1 is 1.21 bits per heavy atom. The Kier molecular flexibility index (Phi) is 5.76. The van der Waals surface area contributed by atoms with Crippen molar-refractivity contribution in [3.8, 4) is 5.69 Å². The van der Waals surface area contributed by atoms with Crippen molar-refractivity contribution >= 4 is 12.2 Å². The zero-order valence-electron chi connectivity index (χ0n) is 14.2. The molecule has 0 unspecified atom stereocenters. The predicted molar refractivity (Wildman–Crippen MR) is 94.7 cm³/mol. The number of aromatic nitrogens is 4. The van der Waals surface area contributed by atoms with Gasteiger partial charge in [0, 0.05) is 12.8 Å². The summed E-state index contributed by atoms with van der Waals surface area (Å²) in [4.78, 5) is 1.39. The second kappa shape index (κ2) is 8.00. The first-order chi connectivity index (χ1) is 11.7. The lowest BCUT2D eigenvalue weighted by Gasteiger charge is -2.25. The van der Waals surface area contributed by atoms with E-state index in [1.807, 2.05) is 0 Å². The van der Waals surface area contributed by atoms with Crippen LogP contribution in [0.5, 0.6) is 0 Å². The molecule has 0 saturated carbocycles. The van der Waals surface area contributed by atoms with Gasteiger partial charge in [0.1, 0.15) is 0 Å². The summed E-state index contributed by atoms with van der Waals surface area (Å²) in [5, 5.41) is 18.0. The maximum Gasteiger partial charge on any atom is 0.225 e. The molecule has 2 N–H and O–H groups in total. The molecule has 2 heterocycles. The van der Waals surface area contributed by atoms with Crippen LogP contribution in [0.2, 0.25) is 0 Å². The second-order valence-corrected chi connectivity index (χ2v) is 6.95. The van der Waals surface area contributed by atoms with Gasteiger partial charge in [0.2, 0.25) is 4.77 Å². The third-order valence-electron chi connectivity index (χ3n) is 4.67. The summed E-state index contributed by atoms with van der Waals surface area (Å²) >= 11 is 5.54. The summed E-state index contributed by atoms with van der Waals surface area (Å²) in [5.41, 5.74) is 2.30. The fourth-order valence-electron chi connectivity index (χ4n) is 3.10. The summed E-state index contributed by atoms with van der Waals surface area (Å²) in [5.74, 6) is 0. The average Bonchev–Trinajstić information content (AvgIpc) is 2.96. The predicted octanol–water partition coefficient (Wildman–Crippen LogP) is 1.14. The van der Waals surface area contributed by atoms with E-state index in [1.165, 1.54) is 23.3 Å². The highest BCUT2D eigenvalue weighted by molar-refractivity contribution is 7.71. The molecule has 0 aliphatic carbocycles. The largest absolute Gasteiger partial charge is 0.393 e. The Balaban J connectivity index is 1.69. The summed E-state index contributed by atoms with van der Waals surface area (Å²) in [6.45, 7) is 4.81. The van der Waals surface area contributed by atoms with Gasteiger partial charge in [0.05, 0.1) is 24.9 Å². The van der Waals surface area contributed by atoms with Crippen LogP contribution in [0.25, 0.3) is 5.69 Å². The first-order valence-corrected chi connectivity index (χ1v) is 9.22. The number of benzene rings is 1. The molecule has 0 spiro atoms. The number of aryl methyl sites for hydroxylation is 1. The zero-order chi connectivity index (χ0) is 16.9. The van der Waals surface area contributed by atoms with Crippen LogP contribution < -0.4 is 4.90 Å². The second-order valence-electron chi connectivity index (χ2n) is 6.58. The molecule has 2 aromatic rings. The van der Waals surface area contributed by atoms with E-state index in [1.54, 1.807) is 9.36 Å². The van der Waals surface area contributed by atoms with Crippen LogP contribution in [0.4, 0.5) is 0 Å². The Morgan fingerprint density at radius 2 is 1.92 bits per heavy atom. The Labute approximate surface area is 147 Å². The number of aliphatic hydroxyl groups excluding tert-OH is 1. The van der Waals surface area contributed by atoms with Gasteiger partial charge in [-0.1, -0.05) is 25.5 Å². The van der Waals surface area contributed by atoms with Gasteiger partial charge in [0.15, 0.2) is 6.67 Å². The van der Waals surface area contributed by atoms with Gasteiger partial charge in [-0.15, -0.1) is 0 Å². The van der Waals surface area contributed by atoms with Crippen molar-refractivity contribution in [2.24, 2.45) is 0 Å². The van der Waals surface area contributed by atoms with Crippen LogP contribution in [0.1, 0.15) is 38.2 Å². The number of nitrogens with one attached hydrogen (secondary N) is 1. The number of nitrogens with zero attached hydrogens (tertiary/aromatic N) is 4. The standard InChI is InChI=1S/C17H25N5OS/c1-2-3-4-14-5-7-15(8-6-14)22-17(24)21(18-19-22)13-20-11-9-16(23)10-12-20/h5-8,16,23H,2-4,9-13H2,1H3/p+1. The molecule has 1 aromatic heterocycles. The van der Waals surface area contributed by atoms with Gasteiger partial charge in [-0.25, -0.2) is 0 Å². The molecule has 1 saturated heterocycles. The number of piperidine rings is 1. The van der Waals surface area contributed by atoms with Crippen molar-refractivity contribution in [1.82, 2.24) is 19.8 Å². The molecule has 1 aliphatic heterocycles. The molecule has 1 aromatic carbocycles. The highest BCUT2D eigenvalue weighted by atomic mass is 32.1. The number of quaternary nitrogens is 1. The van der Waals surface area contributed by atoms with Crippen molar-refractivity contribution in [1.29, 1.82) is 0 Å². The molecule has 3 rings (SSSR count). The van der Waals surface area contributed by atoms with E-state index >= 15 is 0 Å². The van der Waals surface area contributed by atoms with Crippen molar-refractivity contribution in [3.63, 3.8) is 0 Å². The monoisotopic (exact) mass is 348 g/mol. The summed E-state index contributed by atoms with van der Waals surface area (Å²) in [6, 6.07) is 8.40. The third kappa shape index (κ3) is 4.09. The molecule has 0 bridgehead atoms. The third-order valence-corrected chi connectivity index (χ3v) is 5.06. The molecule has 0 radical (unpaired) electrons. The Bertz CT molecular complexity index is 701. The molecule has 24 heavy (non-hydrogen) atoms. The number of hydrogen-bond acceptors (Lipinski definition) is 4. The normalized spacial score (nSPS) is 21.1. The van der Waals surface area contributed by atoms with Crippen LogP contribution in [0.15, 0.2) is 24.3 Å². The SMILES string of the molecule is CCCCc1ccc(-n2nnn(C[NH+]3CCC(O)CC3)c2=S)cc1. The van der Waals surface area contributed by atoms with Crippen molar-refractivity contribution in [3.05, 3.63) is 34.6 Å². The van der Waals surface area contributed by atoms with Crippen LogP contribution in [-0.2, 0) is 13.1 Å². The van der Waals surface area contributed by atoms with E-state index in [9.17, 15) is 5.11 Å². The minimum absolute atomic E-state index is 0.149. The van der Waals surface area contributed by atoms with E-state index in [0.29, 0.717) is 11.4 Å². The maximum atomic E-state index is 9.60. The van der Waals surface area contributed by atoms with E-state index in [4.69, 9.17) is 12.2 Å². The van der Waals surface area contributed by atoms with Crippen LogP contribution in [0, 0.1) is 4.77 Å². The van der Waals surface area contributed by atoms with E-state index in [-0.39, 0.29) is 6.10 Å². The fourth-order valence-corrected chi connectivity index (χ4v) is 3.34. The van der Waals surface area contributed by atoms with Crippen molar-refractivity contribution in [2.45, 2.75) is 51.8 Å². The van der Waals surface area contributed by atoms with Crippen LogP contribution >= 0.6 is 12.2 Å². The van der Waals surface area contributed by atoms with Crippen molar-refractivity contribution in [2.75, 3.05) is 13.1 Å². The topological polar surface area (TPSA) is 60.3 Å². The molecule has 1 fully saturated rings. The van der Waals surface area contributed by atoms with Gasteiger partial charge in [-0.05, 0) is 53.2 Å². The summed E-state index contributed by atoms with van der Waals surface area (Å²) < 4.78 is 4.12. The maximum absolute atomic E-state index is 9.60. The molecule has 1 aliphatic rings. The van der Waals surface area contributed by atoms with Gasteiger partial charge < -0.3 is 10.0 Å². The fraction of sp³-hybridized carbons (Fsp3) is 0.588. The first kappa shape index (κ1) is 17.3. The highest BCUT2D eigenvalue weighted by Gasteiger charge is 2.21. The molecule has 0 atom stereocenters. The minimum atomic E-state index is -0.149. The number of rotatable bonds is 6. The van der Waals surface area contributed by atoms with E-state index < -0.39 is 0 Å². The number of tetrazole rings is 1. The van der Waals surface area contributed by atoms with E-state index in [2.05, 4.69) is 41.6 Å². The molecule has 6 nitrogen and oxygen atoms in total. The molecular weight excluding hydrogens is 322 g/mol. The number of unbranched alkanes of at least 4 members (excludes halogenated alkanes) is 1. The van der Waals surface area contributed by atoms with Gasteiger partial charge in [0.25, 0.3) is 0 Å². The van der Waals surface area contributed by atoms with Crippen LogP contribution in [-0.4, -0.2) is 44.1 Å². The number of hydrogen-bond donors (Lipinski definition) is 2. The summed E-state index contributed by atoms with van der Waals surface area (Å²) in [6.07, 6.45) is 5.06. The first-order valence-electron chi connectivity index (χ1n) is 8.81. The Hall–Kier alpha value is -1.57. The quantitative estimate of drug-likeness (QED) is 0.769. The average molecular weight is 348 g/mol. The molecule has 130 valence electrons. The lowest BCUT2D eigenvalue weighted by molar-refractivity contribution is -0.929. The molecule has 7 heteroatoms. The molecular formula is C17H26N5OS+. The van der Waals surface area contributed by atoms with Crippen LogP contribution in [0.3, 0.4) is 0 Å². The lowest BCUT2D eigenvalue weighted by Crippen LogP contribution is -3.12. The number of aliphatic hydroxyl groups is 1. The van der Waals surface area contributed by atoms with Gasteiger partial charge >= 0.3 is 0 Å². The Morgan fingerprint density at radius 3 is 2.58 bits per heavy atom. The lowest BCUT2D eigenvalue weighted by atomic mass is 10.1. The van der Waals surface area contributed by atoms with Gasteiger partial charge in [-0.3, -0.25) is 0 Å². The van der Waals surface area contributed by atoms with Gasteiger partial charge in [-0.2, -0.15) is 9.36 Å².